The van der Waals surface area contributed by atoms with Gasteiger partial charge >= 0.3 is 0 Å². The maximum Gasteiger partial charge on any atom is 0.300 e. The van der Waals surface area contributed by atoms with Crippen molar-refractivity contribution >= 4 is 23.1 Å². The Morgan fingerprint density at radius 2 is 1.59 bits per heavy atom. The highest BCUT2D eigenvalue weighted by Gasteiger charge is 2.46. The number of carbonyl (C=O) groups is 2. The molecule has 1 aliphatic heterocycles. The van der Waals surface area contributed by atoms with Gasteiger partial charge in [-0.15, -0.1) is 0 Å². The summed E-state index contributed by atoms with van der Waals surface area (Å²) in [5, 5.41) is 20.9. The molecule has 32 heavy (non-hydrogen) atoms. The molecule has 0 aliphatic carbocycles. The second-order valence-electron chi connectivity index (χ2n) is 7.78. The summed E-state index contributed by atoms with van der Waals surface area (Å²) in [6.45, 7) is 3.76. The van der Waals surface area contributed by atoms with E-state index in [0.717, 1.165) is 11.1 Å². The van der Waals surface area contributed by atoms with Crippen LogP contribution in [0, 0.1) is 13.8 Å². The third kappa shape index (κ3) is 3.60. The molecule has 1 unspecified atom stereocenters. The van der Waals surface area contributed by atoms with Gasteiger partial charge < -0.3 is 14.9 Å². The van der Waals surface area contributed by atoms with Crippen LogP contribution in [0.15, 0.2) is 72.3 Å². The molecule has 1 fully saturated rings. The van der Waals surface area contributed by atoms with E-state index in [9.17, 15) is 19.8 Å². The summed E-state index contributed by atoms with van der Waals surface area (Å²) >= 11 is 0. The van der Waals surface area contributed by atoms with Crippen LogP contribution in [-0.4, -0.2) is 29.0 Å². The van der Waals surface area contributed by atoms with Crippen LogP contribution in [0.3, 0.4) is 0 Å². The first-order chi connectivity index (χ1) is 15.3. The van der Waals surface area contributed by atoms with Crippen molar-refractivity contribution in [3.8, 4) is 11.5 Å². The summed E-state index contributed by atoms with van der Waals surface area (Å²) in [5.41, 5.74) is 3.33. The first-order valence-corrected chi connectivity index (χ1v) is 10.1. The second kappa shape index (κ2) is 8.23. The monoisotopic (exact) mass is 429 g/mol. The molecule has 0 aromatic heterocycles. The molecule has 162 valence electrons. The molecule has 3 aromatic rings. The predicted molar refractivity (Wildman–Crippen MR) is 122 cm³/mol. The Bertz CT molecular complexity index is 1230. The lowest BCUT2D eigenvalue weighted by molar-refractivity contribution is -0.132. The molecule has 6 heteroatoms. The fourth-order valence-corrected chi connectivity index (χ4v) is 3.96. The lowest BCUT2D eigenvalue weighted by atomic mass is 9.94. The minimum atomic E-state index is -0.847. The van der Waals surface area contributed by atoms with Crippen LogP contribution in [0.4, 0.5) is 5.69 Å². The number of amides is 1. The molecule has 0 saturated carbocycles. The SMILES string of the molecule is COc1ccc(/C(O)=C2/C(=O)C(=O)N(c3ccc(C)cc3)C2c2ccc(O)cc2)cc1C. The highest BCUT2D eigenvalue weighted by Crippen LogP contribution is 2.42. The molecule has 2 N–H and O–H groups in total. The number of rotatable bonds is 4. The summed E-state index contributed by atoms with van der Waals surface area (Å²) in [6.07, 6.45) is 0. The number of aliphatic hydroxyl groups is 1. The van der Waals surface area contributed by atoms with Crippen LogP contribution in [0.2, 0.25) is 0 Å². The summed E-state index contributed by atoms with van der Waals surface area (Å²) in [5.74, 6) is -1.04. The molecule has 6 nitrogen and oxygen atoms in total. The highest BCUT2D eigenvalue weighted by molar-refractivity contribution is 6.51. The number of ether oxygens (including phenoxy) is 1. The molecule has 3 aromatic carbocycles. The van der Waals surface area contributed by atoms with Crippen molar-refractivity contribution in [3.05, 3.63) is 94.6 Å². The van der Waals surface area contributed by atoms with E-state index in [0.29, 0.717) is 22.6 Å². The van der Waals surface area contributed by atoms with Crippen molar-refractivity contribution in [1.82, 2.24) is 0 Å². The van der Waals surface area contributed by atoms with Crippen molar-refractivity contribution in [2.45, 2.75) is 19.9 Å². The lowest BCUT2D eigenvalue weighted by Gasteiger charge is -2.25. The number of phenolic OH excluding ortho intramolecular Hbond substituents is 1. The summed E-state index contributed by atoms with van der Waals surface area (Å²) < 4.78 is 5.28. The molecule has 0 spiro atoms. The van der Waals surface area contributed by atoms with Crippen molar-refractivity contribution in [3.63, 3.8) is 0 Å². The number of ketones is 1. The summed E-state index contributed by atoms with van der Waals surface area (Å²) in [7, 11) is 1.56. The highest BCUT2D eigenvalue weighted by atomic mass is 16.5. The van der Waals surface area contributed by atoms with Gasteiger partial charge in [-0.3, -0.25) is 14.5 Å². The average molecular weight is 429 g/mol. The number of Topliss-reactive ketones (excluding diaryl/α,β-unsaturated/α-hetero) is 1. The number of phenols is 1. The van der Waals surface area contributed by atoms with Crippen molar-refractivity contribution < 1.29 is 24.5 Å². The number of hydrogen-bond donors (Lipinski definition) is 2. The van der Waals surface area contributed by atoms with E-state index in [1.165, 1.54) is 17.0 Å². The van der Waals surface area contributed by atoms with E-state index in [1.807, 2.05) is 26.0 Å². The quantitative estimate of drug-likeness (QED) is 0.358. The number of nitrogens with zero attached hydrogens (tertiary/aromatic N) is 1. The van der Waals surface area contributed by atoms with Gasteiger partial charge in [0.05, 0.1) is 18.7 Å². The molecular weight excluding hydrogens is 406 g/mol. The Kier molecular flexibility index (Phi) is 5.45. The number of carbonyl (C=O) groups excluding carboxylic acids is 2. The molecule has 0 radical (unpaired) electrons. The Morgan fingerprint density at radius 1 is 0.938 bits per heavy atom. The number of hydrogen-bond acceptors (Lipinski definition) is 5. The van der Waals surface area contributed by atoms with Crippen LogP contribution in [0.25, 0.3) is 5.76 Å². The lowest BCUT2D eigenvalue weighted by Crippen LogP contribution is -2.29. The topological polar surface area (TPSA) is 87.1 Å². The number of benzene rings is 3. The normalized spacial score (nSPS) is 17.6. The minimum Gasteiger partial charge on any atom is -0.508 e. The molecule has 1 saturated heterocycles. The molecule has 4 rings (SSSR count). The van der Waals surface area contributed by atoms with Crippen LogP contribution >= 0.6 is 0 Å². The van der Waals surface area contributed by atoms with E-state index in [2.05, 4.69) is 0 Å². The largest absolute Gasteiger partial charge is 0.508 e. The number of methoxy groups -OCH3 is 1. The fraction of sp³-hybridized carbons (Fsp3) is 0.154. The number of aliphatic hydroxyl groups excluding tert-OH is 1. The maximum atomic E-state index is 13.1. The first-order valence-electron chi connectivity index (χ1n) is 10.1. The summed E-state index contributed by atoms with van der Waals surface area (Å²) in [6, 6.07) is 17.7. The Labute approximate surface area is 186 Å². The van der Waals surface area contributed by atoms with E-state index in [-0.39, 0.29) is 17.1 Å². The van der Waals surface area contributed by atoms with Gasteiger partial charge in [0.1, 0.15) is 17.3 Å². The maximum absolute atomic E-state index is 13.1. The first kappa shape index (κ1) is 21.2. The zero-order valence-corrected chi connectivity index (χ0v) is 18.0. The molecule has 1 amide bonds. The Balaban J connectivity index is 1.93. The Hall–Kier alpha value is -4.06. The average Bonchev–Trinajstić information content (AvgIpc) is 3.05. The zero-order valence-electron chi connectivity index (χ0n) is 18.0. The molecular formula is C26H23NO5. The van der Waals surface area contributed by atoms with Crippen LogP contribution in [0.1, 0.15) is 28.3 Å². The van der Waals surface area contributed by atoms with Gasteiger partial charge in [-0.05, 0) is 67.4 Å². The fourth-order valence-electron chi connectivity index (χ4n) is 3.96. The van der Waals surface area contributed by atoms with Crippen LogP contribution < -0.4 is 9.64 Å². The molecule has 1 aliphatic rings. The number of anilines is 1. The minimum absolute atomic E-state index is 0.00849. The standard InChI is InChI=1S/C26H23NO5/c1-15-4-9-19(10-5-15)27-23(17-6-11-20(28)12-7-17)22(25(30)26(27)31)24(29)18-8-13-21(32-3)16(2)14-18/h4-14,23,28-29H,1-3H3/b24-22-. The predicted octanol–water partition coefficient (Wildman–Crippen LogP) is 4.64. The van der Waals surface area contributed by atoms with Gasteiger partial charge in [0, 0.05) is 11.3 Å². The van der Waals surface area contributed by atoms with Crippen LogP contribution in [0.5, 0.6) is 11.5 Å². The van der Waals surface area contributed by atoms with Crippen LogP contribution in [-0.2, 0) is 9.59 Å². The third-order valence-electron chi connectivity index (χ3n) is 5.63. The van der Waals surface area contributed by atoms with Crippen molar-refractivity contribution in [2.24, 2.45) is 0 Å². The van der Waals surface area contributed by atoms with Crippen molar-refractivity contribution in [2.75, 3.05) is 12.0 Å². The second-order valence-corrected chi connectivity index (χ2v) is 7.78. The molecule has 1 heterocycles. The zero-order chi connectivity index (χ0) is 23.0. The van der Waals surface area contributed by atoms with Gasteiger partial charge in [-0.2, -0.15) is 0 Å². The van der Waals surface area contributed by atoms with Crippen molar-refractivity contribution in [1.29, 1.82) is 0 Å². The van der Waals surface area contributed by atoms with E-state index in [4.69, 9.17) is 4.74 Å². The number of aryl methyl sites for hydroxylation is 2. The summed E-state index contributed by atoms with van der Waals surface area (Å²) in [4.78, 5) is 27.6. The van der Waals surface area contributed by atoms with Gasteiger partial charge in [-0.25, -0.2) is 0 Å². The van der Waals surface area contributed by atoms with E-state index >= 15 is 0 Å². The van der Waals surface area contributed by atoms with E-state index in [1.54, 1.807) is 49.6 Å². The van der Waals surface area contributed by atoms with Gasteiger partial charge in [0.2, 0.25) is 0 Å². The van der Waals surface area contributed by atoms with E-state index < -0.39 is 17.7 Å². The van der Waals surface area contributed by atoms with Gasteiger partial charge in [0.25, 0.3) is 11.7 Å². The molecule has 0 bridgehead atoms. The van der Waals surface area contributed by atoms with Gasteiger partial charge in [0.15, 0.2) is 0 Å². The molecule has 1 atom stereocenters. The third-order valence-corrected chi connectivity index (χ3v) is 5.63. The Morgan fingerprint density at radius 3 is 2.19 bits per heavy atom. The van der Waals surface area contributed by atoms with Gasteiger partial charge in [-0.1, -0.05) is 29.8 Å². The smallest absolute Gasteiger partial charge is 0.300 e. The number of aromatic hydroxyl groups is 1.